The van der Waals surface area contributed by atoms with E-state index in [-0.39, 0.29) is 49.1 Å². The number of hydrogen-bond acceptors (Lipinski definition) is 5. The maximum Gasteiger partial charge on any atom is 0.333 e. The summed E-state index contributed by atoms with van der Waals surface area (Å²) in [6.07, 6.45) is 1.86. The van der Waals surface area contributed by atoms with Crippen LogP contribution < -0.4 is 5.32 Å². The van der Waals surface area contributed by atoms with E-state index in [1.165, 1.54) is 26.6 Å². The zero-order valence-corrected chi connectivity index (χ0v) is 28.0. The molecule has 1 aliphatic heterocycles. The summed E-state index contributed by atoms with van der Waals surface area (Å²) in [5.74, 6) is -0.249. The number of benzene rings is 4. The Labute approximate surface area is 283 Å². The first-order valence-corrected chi connectivity index (χ1v) is 16.5. The third kappa shape index (κ3) is 8.60. The van der Waals surface area contributed by atoms with Gasteiger partial charge in [0.05, 0.1) is 6.54 Å². The van der Waals surface area contributed by atoms with Crippen LogP contribution in [0.1, 0.15) is 47.1 Å². The second-order valence-corrected chi connectivity index (χ2v) is 12.4. The van der Waals surface area contributed by atoms with Crippen molar-refractivity contribution < 1.29 is 19.5 Å². The summed E-state index contributed by atoms with van der Waals surface area (Å²) in [5, 5.41) is 15.9. The third-order valence-corrected chi connectivity index (χ3v) is 9.05. The molecule has 1 saturated heterocycles. The van der Waals surface area contributed by atoms with E-state index in [1.807, 2.05) is 60.7 Å². The van der Waals surface area contributed by atoms with E-state index in [2.05, 4.69) is 36.5 Å². The molecule has 48 heavy (non-hydrogen) atoms. The van der Waals surface area contributed by atoms with Crippen LogP contribution in [0.25, 0.3) is 0 Å². The average Bonchev–Trinajstić information content (AvgIpc) is 3.11. The highest BCUT2D eigenvalue weighted by atomic mass is 16.3. The molecular weight excluding hydrogens is 602 g/mol. The van der Waals surface area contributed by atoms with Gasteiger partial charge in [-0.25, -0.2) is 14.8 Å². The molecule has 1 unspecified atom stereocenters. The molecular formula is C39H45N5O4. The van der Waals surface area contributed by atoms with Crippen molar-refractivity contribution in [3.63, 3.8) is 0 Å². The maximum atomic E-state index is 14.3. The van der Waals surface area contributed by atoms with Crippen molar-refractivity contribution in [1.82, 2.24) is 25.1 Å². The van der Waals surface area contributed by atoms with Crippen LogP contribution in [-0.4, -0.2) is 82.7 Å². The number of carbonyl (C=O) groups is 3. The van der Waals surface area contributed by atoms with E-state index >= 15 is 0 Å². The van der Waals surface area contributed by atoms with Crippen molar-refractivity contribution in [3.8, 4) is 5.75 Å². The number of likely N-dealkylation sites (N-methyl/N-ethyl adjacent to an activating group) is 2. The van der Waals surface area contributed by atoms with E-state index in [9.17, 15) is 19.5 Å². The van der Waals surface area contributed by atoms with Crippen LogP contribution in [0, 0.1) is 0 Å². The number of nitrogens with one attached hydrogen (secondary N) is 1. The Hall–Kier alpha value is -5.15. The van der Waals surface area contributed by atoms with Gasteiger partial charge in [-0.3, -0.25) is 9.59 Å². The number of aryl methyl sites for hydroxylation is 1. The molecule has 9 heteroatoms. The molecule has 4 aromatic rings. The molecule has 0 aliphatic carbocycles. The molecule has 5 rings (SSSR count). The number of carbonyl (C=O) groups excluding carboxylic acids is 3. The summed E-state index contributed by atoms with van der Waals surface area (Å²) in [6.45, 7) is 2.77. The molecule has 1 aliphatic rings. The normalized spacial score (nSPS) is 14.2. The van der Waals surface area contributed by atoms with Crippen molar-refractivity contribution in [2.75, 3.05) is 33.9 Å². The number of urea groups is 1. The first-order chi connectivity index (χ1) is 23.2. The minimum Gasteiger partial charge on any atom is -0.508 e. The summed E-state index contributed by atoms with van der Waals surface area (Å²) in [5.41, 5.74) is 5.33. The number of hydrazine groups is 1. The predicted octanol–water partition coefficient (Wildman–Crippen LogP) is 5.40. The Balaban J connectivity index is 1.34. The first kappa shape index (κ1) is 34.2. The number of phenols is 1. The Morgan fingerprint density at radius 1 is 0.833 bits per heavy atom. The average molecular weight is 648 g/mol. The lowest BCUT2D eigenvalue weighted by atomic mass is 9.88. The highest BCUT2D eigenvalue weighted by molar-refractivity contribution is 5.89. The van der Waals surface area contributed by atoms with Gasteiger partial charge in [0.15, 0.2) is 0 Å². The first-order valence-electron chi connectivity index (χ1n) is 16.5. The van der Waals surface area contributed by atoms with Gasteiger partial charge in [0.25, 0.3) is 0 Å². The molecule has 2 N–H and O–H groups in total. The van der Waals surface area contributed by atoms with Gasteiger partial charge < -0.3 is 20.2 Å². The van der Waals surface area contributed by atoms with E-state index < -0.39 is 6.04 Å². The fraction of sp³-hybridized carbons (Fsp3) is 0.308. The summed E-state index contributed by atoms with van der Waals surface area (Å²) in [6, 6.07) is 34.1. The van der Waals surface area contributed by atoms with E-state index in [0.29, 0.717) is 19.5 Å². The largest absolute Gasteiger partial charge is 0.508 e. The zero-order chi connectivity index (χ0) is 34.0. The van der Waals surface area contributed by atoms with Crippen molar-refractivity contribution in [2.45, 2.75) is 44.7 Å². The number of amides is 4. The van der Waals surface area contributed by atoms with Crippen LogP contribution in [0.4, 0.5) is 4.79 Å². The van der Waals surface area contributed by atoms with Crippen LogP contribution in [0.3, 0.4) is 0 Å². The standard InChI is InChI=1S/C39H45N5O4/c1-4-29-15-17-31(18-16-29)26-40-39(48)44-28-43(37(46)27-42(44)3)36(25-30-19-21-34(45)22-20-30)38(47)41(2)24-23-35(32-11-7-5-8-12-32)33-13-9-6-10-14-33/h5-22,35-36,45H,4,23-28H2,1-3H3,(H,40,48). The Bertz CT molecular complexity index is 1610. The Morgan fingerprint density at radius 2 is 1.40 bits per heavy atom. The smallest absolute Gasteiger partial charge is 0.333 e. The topological polar surface area (TPSA) is 96.4 Å². The third-order valence-electron chi connectivity index (χ3n) is 9.05. The fourth-order valence-electron chi connectivity index (χ4n) is 6.13. The van der Waals surface area contributed by atoms with Gasteiger partial charge in [0.1, 0.15) is 18.5 Å². The second kappa shape index (κ2) is 16.1. The molecule has 4 amide bonds. The molecule has 250 valence electrons. The SMILES string of the molecule is CCc1ccc(CNC(=O)N2CN(C(Cc3ccc(O)cc3)C(=O)N(C)CCC(c3ccccc3)c3ccccc3)C(=O)CN2C)cc1. The summed E-state index contributed by atoms with van der Waals surface area (Å²) in [4.78, 5) is 44.5. The Kier molecular flexibility index (Phi) is 11.5. The number of rotatable bonds is 12. The quantitative estimate of drug-likeness (QED) is 0.215. The fourth-order valence-corrected chi connectivity index (χ4v) is 6.13. The van der Waals surface area contributed by atoms with Crippen LogP contribution in [0.5, 0.6) is 5.75 Å². The summed E-state index contributed by atoms with van der Waals surface area (Å²) >= 11 is 0. The van der Waals surface area contributed by atoms with Crippen LogP contribution >= 0.6 is 0 Å². The molecule has 0 bridgehead atoms. The van der Waals surface area contributed by atoms with Crippen molar-refractivity contribution >= 4 is 17.8 Å². The number of hydrogen-bond donors (Lipinski definition) is 2. The van der Waals surface area contributed by atoms with Gasteiger partial charge >= 0.3 is 6.03 Å². The number of phenolic OH excluding ortho intramolecular Hbond substituents is 1. The van der Waals surface area contributed by atoms with Gasteiger partial charge in [0.2, 0.25) is 11.8 Å². The van der Waals surface area contributed by atoms with Gasteiger partial charge in [-0.1, -0.05) is 104 Å². The minimum absolute atomic E-state index is 0.0498. The molecule has 0 spiro atoms. The highest BCUT2D eigenvalue weighted by Gasteiger charge is 2.39. The van der Waals surface area contributed by atoms with Crippen LogP contribution in [0.15, 0.2) is 109 Å². The van der Waals surface area contributed by atoms with E-state index in [1.54, 1.807) is 48.3 Å². The van der Waals surface area contributed by atoms with Gasteiger partial charge in [-0.2, -0.15) is 0 Å². The molecule has 0 aromatic heterocycles. The lowest BCUT2D eigenvalue weighted by Crippen LogP contribution is -2.65. The summed E-state index contributed by atoms with van der Waals surface area (Å²) < 4.78 is 0. The molecule has 1 heterocycles. The van der Waals surface area contributed by atoms with Crippen molar-refractivity contribution in [2.24, 2.45) is 0 Å². The molecule has 0 radical (unpaired) electrons. The number of nitrogens with zero attached hydrogens (tertiary/aromatic N) is 4. The second-order valence-electron chi connectivity index (χ2n) is 12.4. The minimum atomic E-state index is -0.857. The number of aromatic hydroxyl groups is 1. The molecule has 9 nitrogen and oxygen atoms in total. The monoisotopic (exact) mass is 647 g/mol. The Morgan fingerprint density at radius 3 is 1.98 bits per heavy atom. The lowest BCUT2D eigenvalue weighted by molar-refractivity contribution is -0.160. The van der Waals surface area contributed by atoms with Crippen LogP contribution in [0.2, 0.25) is 0 Å². The zero-order valence-electron chi connectivity index (χ0n) is 28.0. The molecule has 1 atom stereocenters. The van der Waals surface area contributed by atoms with Gasteiger partial charge in [-0.05, 0) is 52.8 Å². The van der Waals surface area contributed by atoms with Crippen molar-refractivity contribution in [3.05, 3.63) is 137 Å². The van der Waals surface area contributed by atoms with Crippen LogP contribution in [-0.2, 0) is 29.0 Å². The van der Waals surface area contributed by atoms with E-state index in [4.69, 9.17) is 0 Å². The van der Waals surface area contributed by atoms with Crippen molar-refractivity contribution in [1.29, 1.82) is 0 Å². The maximum absolute atomic E-state index is 14.3. The molecule has 0 saturated carbocycles. The highest BCUT2D eigenvalue weighted by Crippen LogP contribution is 2.28. The molecule has 4 aromatic carbocycles. The predicted molar refractivity (Wildman–Crippen MR) is 187 cm³/mol. The van der Waals surface area contributed by atoms with Gasteiger partial charge in [0, 0.05) is 39.5 Å². The van der Waals surface area contributed by atoms with E-state index in [0.717, 1.165) is 17.5 Å². The summed E-state index contributed by atoms with van der Waals surface area (Å²) in [7, 11) is 3.47. The van der Waals surface area contributed by atoms with Gasteiger partial charge in [-0.15, -0.1) is 0 Å². The molecule has 1 fully saturated rings. The lowest BCUT2D eigenvalue weighted by Gasteiger charge is -2.44.